The molecule has 1 rings (SSSR count). The van der Waals surface area contributed by atoms with Gasteiger partial charge in [-0.3, -0.25) is 9.59 Å². The van der Waals surface area contributed by atoms with E-state index in [0.29, 0.717) is 18.6 Å². The van der Waals surface area contributed by atoms with Crippen molar-refractivity contribution in [3.63, 3.8) is 0 Å². The summed E-state index contributed by atoms with van der Waals surface area (Å²) in [6.07, 6.45) is 2.35. The highest BCUT2D eigenvalue weighted by atomic mass is 32.2. The molecule has 0 saturated heterocycles. The van der Waals surface area contributed by atoms with Gasteiger partial charge < -0.3 is 20.3 Å². The Kier molecular flexibility index (Phi) is 11.8. The normalized spacial score (nSPS) is 13.7. The summed E-state index contributed by atoms with van der Waals surface area (Å²) >= 11 is 1.59. The number of amides is 3. The number of aryl methyl sites for hydroxylation is 2. The molecule has 0 bridgehead atoms. The third-order valence-corrected chi connectivity index (χ3v) is 6.78. The summed E-state index contributed by atoms with van der Waals surface area (Å²) in [4.78, 5) is 42.3. The van der Waals surface area contributed by atoms with Crippen LogP contribution in [0.4, 0.5) is 4.79 Å². The molecule has 8 heteroatoms. The van der Waals surface area contributed by atoms with Crippen LogP contribution in [0.1, 0.15) is 91.0 Å². The Morgan fingerprint density at radius 1 is 1.03 bits per heavy atom. The second-order valence-electron chi connectivity index (χ2n) is 11.3. The molecule has 2 N–H and O–H groups in total. The molecule has 0 aromatic heterocycles. The molecule has 0 aliphatic heterocycles. The zero-order chi connectivity index (χ0) is 27.8. The molecule has 1 aromatic carbocycles. The van der Waals surface area contributed by atoms with Crippen molar-refractivity contribution < 1.29 is 19.1 Å². The monoisotopic (exact) mass is 521 g/mol. The minimum atomic E-state index is -0.855. The number of alkyl carbamates (subject to hydrolysis) is 1. The van der Waals surface area contributed by atoms with E-state index in [1.54, 1.807) is 37.4 Å². The third-order valence-electron chi connectivity index (χ3n) is 6.14. The van der Waals surface area contributed by atoms with E-state index in [1.807, 2.05) is 72.9 Å². The molecule has 0 saturated carbocycles. The second kappa shape index (κ2) is 13.4. The van der Waals surface area contributed by atoms with Crippen molar-refractivity contribution >= 4 is 29.7 Å². The molecule has 0 radical (unpaired) electrons. The molecule has 0 spiro atoms. The van der Waals surface area contributed by atoms with E-state index < -0.39 is 29.3 Å². The lowest BCUT2D eigenvalue weighted by molar-refractivity contribution is -0.149. The highest BCUT2D eigenvalue weighted by Gasteiger charge is 2.43. The number of benzene rings is 1. The van der Waals surface area contributed by atoms with E-state index in [1.165, 1.54) is 0 Å². The van der Waals surface area contributed by atoms with Gasteiger partial charge in [-0.2, -0.15) is 11.8 Å². The third kappa shape index (κ3) is 9.34. The Labute approximate surface area is 222 Å². The van der Waals surface area contributed by atoms with E-state index in [4.69, 9.17) is 4.74 Å². The number of rotatable bonds is 11. The van der Waals surface area contributed by atoms with Crippen LogP contribution < -0.4 is 10.6 Å². The lowest BCUT2D eigenvalue weighted by Gasteiger charge is -2.45. The average Bonchev–Trinajstić information content (AvgIpc) is 2.74. The smallest absolute Gasteiger partial charge is 0.408 e. The summed E-state index contributed by atoms with van der Waals surface area (Å²) in [5.41, 5.74) is 1.54. The quantitative estimate of drug-likeness (QED) is 0.400. The van der Waals surface area contributed by atoms with Crippen LogP contribution in [0.5, 0.6) is 0 Å². The number of nitrogens with one attached hydrogen (secondary N) is 2. The second-order valence-corrected chi connectivity index (χ2v) is 12.2. The first-order valence-electron chi connectivity index (χ1n) is 12.7. The number of hydrogen-bond donors (Lipinski definition) is 2. The zero-order valence-electron chi connectivity index (χ0n) is 24.1. The van der Waals surface area contributed by atoms with Gasteiger partial charge in [0.15, 0.2) is 0 Å². The number of thioether (sulfide) groups is 1. The van der Waals surface area contributed by atoms with Gasteiger partial charge in [-0.25, -0.2) is 4.79 Å². The molecule has 7 nitrogen and oxygen atoms in total. The Morgan fingerprint density at radius 2 is 1.64 bits per heavy atom. The van der Waals surface area contributed by atoms with Crippen LogP contribution >= 0.6 is 11.8 Å². The summed E-state index contributed by atoms with van der Waals surface area (Å²) in [5, 5.41) is 5.81. The lowest BCUT2D eigenvalue weighted by atomic mass is 9.90. The average molecular weight is 522 g/mol. The van der Waals surface area contributed by atoms with Gasteiger partial charge >= 0.3 is 6.09 Å². The van der Waals surface area contributed by atoms with Crippen LogP contribution in [0.3, 0.4) is 0 Å². The van der Waals surface area contributed by atoms with Gasteiger partial charge in [0.05, 0.1) is 0 Å². The summed E-state index contributed by atoms with van der Waals surface area (Å²) < 4.78 is 5.46. The Bertz CT molecular complexity index is 909. The maximum Gasteiger partial charge on any atom is 0.408 e. The van der Waals surface area contributed by atoms with E-state index in [2.05, 4.69) is 10.6 Å². The highest BCUT2D eigenvalue weighted by molar-refractivity contribution is 7.98. The zero-order valence-corrected chi connectivity index (χ0v) is 24.9. The fourth-order valence-electron chi connectivity index (χ4n) is 3.77. The molecule has 3 amide bonds. The first kappa shape index (κ1) is 31.8. The van der Waals surface area contributed by atoms with Gasteiger partial charge in [-0.1, -0.05) is 25.1 Å². The summed E-state index contributed by atoms with van der Waals surface area (Å²) in [7, 11) is 0. The number of nitrogens with zero attached hydrogens (tertiary/aromatic N) is 1. The topological polar surface area (TPSA) is 87.7 Å². The molecule has 0 aliphatic rings. The molecule has 2 unspecified atom stereocenters. The molecular formula is C28H47N3O4S. The predicted molar refractivity (Wildman–Crippen MR) is 149 cm³/mol. The standard InChI is InChI=1S/C28H47N3O4S/c1-12-28(9,10)31(25(33)22(15-16-36-11)30-26(34)35-27(6,7)8)23(24(32)29-18(2)3)21-14-13-19(4)20(5)17-21/h13-14,17-18,22-23H,12,15-16H2,1-11H3,(H,29,32)(H,30,34). The van der Waals surface area contributed by atoms with Crippen LogP contribution in [0.2, 0.25) is 0 Å². The Morgan fingerprint density at radius 3 is 2.11 bits per heavy atom. The molecule has 0 aliphatic carbocycles. The first-order valence-corrected chi connectivity index (χ1v) is 14.1. The van der Waals surface area contributed by atoms with Crippen molar-refractivity contribution in [2.45, 2.75) is 111 Å². The molecular weight excluding hydrogens is 474 g/mol. The van der Waals surface area contributed by atoms with Crippen LogP contribution in [0.15, 0.2) is 18.2 Å². The number of carbonyl (C=O) groups is 3. The maximum atomic E-state index is 14.3. The molecule has 0 fully saturated rings. The molecule has 2 atom stereocenters. The van der Waals surface area contributed by atoms with Crippen LogP contribution in [0, 0.1) is 13.8 Å². The van der Waals surface area contributed by atoms with Crippen LogP contribution in [0.25, 0.3) is 0 Å². The largest absolute Gasteiger partial charge is 0.444 e. The van der Waals surface area contributed by atoms with E-state index in [9.17, 15) is 14.4 Å². The van der Waals surface area contributed by atoms with Crippen molar-refractivity contribution in [1.82, 2.24) is 15.5 Å². The van der Waals surface area contributed by atoms with Gasteiger partial charge in [0.2, 0.25) is 11.8 Å². The SMILES string of the molecule is CCC(C)(C)N(C(=O)C(CCSC)NC(=O)OC(C)(C)C)C(C(=O)NC(C)C)c1ccc(C)c(C)c1. The van der Waals surface area contributed by atoms with Crippen molar-refractivity contribution in [2.24, 2.45) is 0 Å². The Hall–Kier alpha value is -2.22. The predicted octanol–water partition coefficient (Wildman–Crippen LogP) is 5.53. The van der Waals surface area contributed by atoms with Gasteiger partial charge in [0.1, 0.15) is 17.7 Å². The van der Waals surface area contributed by atoms with Gasteiger partial charge in [0.25, 0.3) is 0 Å². The number of hydrogen-bond acceptors (Lipinski definition) is 5. The fourth-order valence-corrected chi connectivity index (χ4v) is 4.24. The first-order chi connectivity index (χ1) is 16.5. The van der Waals surface area contributed by atoms with Crippen molar-refractivity contribution in [2.75, 3.05) is 12.0 Å². The minimum absolute atomic E-state index is 0.0968. The number of carbonyl (C=O) groups excluding carboxylic acids is 3. The van der Waals surface area contributed by atoms with E-state index in [0.717, 1.165) is 16.7 Å². The Balaban J connectivity index is 3.65. The van der Waals surface area contributed by atoms with E-state index >= 15 is 0 Å². The van der Waals surface area contributed by atoms with E-state index in [-0.39, 0.29) is 17.9 Å². The fraction of sp³-hybridized carbons (Fsp3) is 0.679. The van der Waals surface area contributed by atoms with Crippen molar-refractivity contribution in [3.05, 3.63) is 34.9 Å². The van der Waals surface area contributed by atoms with Crippen molar-refractivity contribution in [1.29, 1.82) is 0 Å². The van der Waals surface area contributed by atoms with Crippen LogP contribution in [-0.2, 0) is 14.3 Å². The molecule has 0 heterocycles. The molecule has 204 valence electrons. The summed E-state index contributed by atoms with van der Waals surface area (Å²) in [6.45, 7) is 19.1. The van der Waals surface area contributed by atoms with Crippen LogP contribution in [-0.4, -0.2) is 58.0 Å². The van der Waals surface area contributed by atoms with Crippen molar-refractivity contribution in [3.8, 4) is 0 Å². The summed E-state index contributed by atoms with van der Waals surface area (Å²) in [5.74, 6) is 0.118. The lowest BCUT2D eigenvalue weighted by Crippen LogP contribution is -2.59. The minimum Gasteiger partial charge on any atom is -0.444 e. The highest BCUT2D eigenvalue weighted by Crippen LogP contribution is 2.33. The van der Waals surface area contributed by atoms with Gasteiger partial charge in [0, 0.05) is 11.6 Å². The summed E-state index contributed by atoms with van der Waals surface area (Å²) in [6, 6.07) is 4.08. The van der Waals surface area contributed by atoms with Gasteiger partial charge in [-0.15, -0.1) is 0 Å². The molecule has 1 aromatic rings. The number of ether oxygens (including phenoxy) is 1. The van der Waals surface area contributed by atoms with Gasteiger partial charge in [-0.05, 0) is 104 Å². The molecule has 36 heavy (non-hydrogen) atoms. The maximum absolute atomic E-state index is 14.3.